The van der Waals surface area contributed by atoms with E-state index >= 15 is 0 Å². The first-order chi connectivity index (χ1) is 16.1. The summed E-state index contributed by atoms with van der Waals surface area (Å²) in [6.45, 7) is 0. The Morgan fingerprint density at radius 3 is 2.42 bits per heavy atom. The molecular weight excluding hydrogens is 438 g/mol. The maximum atomic E-state index is 12.0. The summed E-state index contributed by atoms with van der Waals surface area (Å²) in [6.07, 6.45) is 3.09. The third-order valence-corrected chi connectivity index (χ3v) is 7.13. The molecule has 1 aliphatic carbocycles. The smallest absolute Gasteiger partial charge is 0.257 e. The number of carbonyl (C=O) groups excluding carboxylic acids is 1. The fourth-order valence-corrected chi connectivity index (χ4v) is 5.33. The van der Waals surface area contributed by atoms with Crippen LogP contribution in [0.3, 0.4) is 0 Å². The molecule has 3 aromatic carbocycles. The van der Waals surface area contributed by atoms with Crippen LogP contribution in [0.4, 0.5) is 0 Å². The van der Waals surface area contributed by atoms with Crippen molar-refractivity contribution >= 4 is 21.8 Å². The Balaban J connectivity index is 1.40. The molecule has 1 heterocycles. The zero-order valence-corrected chi connectivity index (χ0v) is 19.1. The molecule has 2 atom stereocenters. The Kier molecular flexibility index (Phi) is 5.64. The monoisotopic (exact) mass is 461 g/mol. The van der Waals surface area contributed by atoms with Crippen LogP contribution in [0.15, 0.2) is 66.7 Å². The summed E-state index contributed by atoms with van der Waals surface area (Å²) in [5.41, 5.74) is 5.34. The summed E-state index contributed by atoms with van der Waals surface area (Å²) in [7, 11) is 1.80. The third-order valence-electron chi connectivity index (χ3n) is 5.99. The fraction of sp³-hybridized carbons (Fsp3) is 0.192. The second-order valence-electron chi connectivity index (χ2n) is 7.85. The lowest BCUT2D eigenvalue weighted by atomic mass is 9.96. The van der Waals surface area contributed by atoms with Crippen molar-refractivity contribution in [2.24, 2.45) is 0 Å². The molecule has 2 aliphatic rings. The maximum Gasteiger partial charge on any atom is 0.257 e. The Morgan fingerprint density at radius 2 is 1.73 bits per heavy atom. The standard InChI is InChI=1S/C26H23NO5S/c1-30-18-10-11-22(24(14-18)31-2)19-4-3-5-21-20(19)12-13-23(21)32-17-8-6-16(7-9-17)25-15-26(28)27-33(25)29/h3-11,14-15,23H,12-13H2,1-2H3,(H,27,28)/t23-,33?/m1/s1. The van der Waals surface area contributed by atoms with E-state index in [0.29, 0.717) is 4.91 Å². The molecule has 5 rings (SSSR count). The van der Waals surface area contributed by atoms with Crippen LogP contribution in [-0.4, -0.2) is 24.3 Å². The number of benzene rings is 3. The summed E-state index contributed by atoms with van der Waals surface area (Å²) < 4.78 is 31.6. The number of hydrogen-bond donors (Lipinski definition) is 1. The van der Waals surface area contributed by atoms with Crippen LogP contribution in [0.1, 0.15) is 29.2 Å². The minimum absolute atomic E-state index is 0.0573. The molecule has 7 heteroatoms. The van der Waals surface area contributed by atoms with Crippen molar-refractivity contribution in [1.82, 2.24) is 4.72 Å². The van der Waals surface area contributed by atoms with Gasteiger partial charge in [0.25, 0.3) is 5.91 Å². The molecular formula is C26H23NO5S. The molecule has 6 nitrogen and oxygen atoms in total. The molecule has 1 amide bonds. The minimum Gasteiger partial charge on any atom is -0.497 e. The molecule has 0 spiro atoms. The van der Waals surface area contributed by atoms with Crippen molar-refractivity contribution in [2.75, 3.05) is 14.2 Å². The Labute approximate surface area is 194 Å². The lowest BCUT2D eigenvalue weighted by Gasteiger charge is -2.17. The molecule has 0 saturated heterocycles. The van der Waals surface area contributed by atoms with Gasteiger partial charge in [-0.15, -0.1) is 0 Å². The highest BCUT2D eigenvalue weighted by Crippen LogP contribution is 2.43. The number of amides is 1. The summed E-state index contributed by atoms with van der Waals surface area (Å²) in [4.78, 5) is 11.9. The van der Waals surface area contributed by atoms with E-state index in [-0.39, 0.29) is 12.0 Å². The lowest BCUT2D eigenvalue weighted by Crippen LogP contribution is -2.16. The van der Waals surface area contributed by atoms with Gasteiger partial charge in [-0.3, -0.25) is 9.52 Å². The Bertz CT molecular complexity index is 1280. The van der Waals surface area contributed by atoms with E-state index in [1.807, 2.05) is 42.5 Å². The summed E-state index contributed by atoms with van der Waals surface area (Å²) in [5.74, 6) is 1.92. The Hall–Kier alpha value is -3.58. The molecule has 0 bridgehead atoms. The molecule has 3 aromatic rings. The number of rotatable bonds is 6. The predicted octanol–water partition coefficient (Wildman–Crippen LogP) is 4.57. The first-order valence-electron chi connectivity index (χ1n) is 10.6. The van der Waals surface area contributed by atoms with E-state index in [9.17, 15) is 9.00 Å². The molecule has 168 valence electrons. The highest BCUT2D eigenvalue weighted by atomic mass is 32.2. The van der Waals surface area contributed by atoms with Gasteiger partial charge in [-0.05, 0) is 59.4 Å². The van der Waals surface area contributed by atoms with Gasteiger partial charge in [-0.25, -0.2) is 4.21 Å². The van der Waals surface area contributed by atoms with Gasteiger partial charge in [-0.2, -0.15) is 0 Å². The van der Waals surface area contributed by atoms with Crippen molar-refractivity contribution in [3.63, 3.8) is 0 Å². The van der Waals surface area contributed by atoms with Crippen molar-refractivity contribution < 1.29 is 23.2 Å². The molecule has 0 radical (unpaired) electrons. The SMILES string of the molecule is COc1ccc(-c2cccc3c2CC[C@H]3Oc2ccc(C3=CC(=O)NS3=O)cc2)c(OC)c1. The van der Waals surface area contributed by atoms with Crippen LogP contribution in [0.2, 0.25) is 0 Å². The van der Waals surface area contributed by atoms with Crippen LogP contribution in [0, 0.1) is 0 Å². The number of ether oxygens (including phenoxy) is 3. The molecule has 0 saturated carbocycles. The van der Waals surface area contributed by atoms with Gasteiger partial charge in [0.15, 0.2) is 11.0 Å². The van der Waals surface area contributed by atoms with Gasteiger partial charge in [0.05, 0.1) is 19.1 Å². The van der Waals surface area contributed by atoms with E-state index in [4.69, 9.17) is 14.2 Å². The quantitative estimate of drug-likeness (QED) is 0.582. The predicted molar refractivity (Wildman–Crippen MR) is 127 cm³/mol. The Morgan fingerprint density at radius 1 is 0.939 bits per heavy atom. The summed E-state index contributed by atoms with van der Waals surface area (Å²) in [5, 5.41) is 0. The molecule has 33 heavy (non-hydrogen) atoms. The molecule has 0 fully saturated rings. The van der Waals surface area contributed by atoms with Crippen molar-refractivity contribution in [3.8, 4) is 28.4 Å². The van der Waals surface area contributed by atoms with Crippen molar-refractivity contribution in [3.05, 3.63) is 83.4 Å². The van der Waals surface area contributed by atoms with Crippen LogP contribution in [0.5, 0.6) is 17.2 Å². The molecule has 1 aliphatic heterocycles. The van der Waals surface area contributed by atoms with Gasteiger partial charge >= 0.3 is 0 Å². The summed E-state index contributed by atoms with van der Waals surface area (Å²) in [6, 6.07) is 19.5. The summed E-state index contributed by atoms with van der Waals surface area (Å²) >= 11 is 0. The highest BCUT2D eigenvalue weighted by Gasteiger charge is 2.28. The number of nitrogens with one attached hydrogen (secondary N) is 1. The first kappa shape index (κ1) is 21.3. The number of methoxy groups -OCH3 is 2. The van der Waals surface area contributed by atoms with Crippen molar-refractivity contribution in [1.29, 1.82) is 0 Å². The first-order valence-corrected chi connectivity index (χ1v) is 11.8. The number of fused-ring (bicyclic) bond motifs is 1. The van der Waals surface area contributed by atoms with Crippen LogP contribution in [0.25, 0.3) is 16.0 Å². The van der Waals surface area contributed by atoms with E-state index in [0.717, 1.165) is 46.8 Å². The lowest BCUT2D eigenvalue weighted by molar-refractivity contribution is -0.114. The van der Waals surface area contributed by atoms with Gasteiger partial charge in [0.1, 0.15) is 23.4 Å². The zero-order valence-electron chi connectivity index (χ0n) is 18.3. The molecule has 0 aromatic heterocycles. The van der Waals surface area contributed by atoms with Crippen LogP contribution >= 0.6 is 0 Å². The number of carbonyl (C=O) groups is 1. The van der Waals surface area contributed by atoms with E-state index in [2.05, 4.69) is 22.9 Å². The number of hydrogen-bond acceptors (Lipinski definition) is 5. The van der Waals surface area contributed by atoms with E-state index in [1.54, 1.807) is 14.2 Å². The van der Waals surface area contributed by atoms with Gasteiger partial charge in [0.2, 0.25) is 0 Å². The van der Waals surface area contributed by atoms with Crippen molar-refractivity contribution in [2.45, 2.75) is 18.9 Å². The molecule has 1 unspecified atom stereocenters. The normalized spacial score (nSPS) is 19.0. The zero-order chi connectivity index (χ0) is 22.9. The van der Waals surface area contributed by atoms with E-state index < -0.39 is 11.0 Å². The average molecular weight is 462 g/mol. The maximum absolute atomic E-state index is 12.0. The minimum atomic E-state index is -1.51. The largest absolute Gasteiger partial charge is 0.497 e. The van der Waals surface area contributed by atoms with Gasteiger partial charge in [0, 0.05) is 17.7 Å². The van der Waals surface area contributed by atoms with Gasteiger partial charge in [-0.1, -0.05) is 30.3 Å². The topological polar surface area (TPSA) is 73.9 Å². The molecule has 1 N–H and O–H groups in total. The average Bonchev–Trinajstić information content (AvgIpc) is 3.41. The van der Waals surface area contributed by atoms with Crippen LogP contribution in [-0.2, 0) is 22.2 Å². The third kappa shape index (κ3) is 4.00. The fourth-order valence-electron chi connectivity index (χ4n) is 4.41. The van der Waals surface area contributed by atoms with Crippen LogP contribution < -0.4 is 18.9 Å². The highest BCUT2D eigenvalue weighted by molar-refractivity contribution is 7.93. The van der Waals surface area contributed by atoms with Gasteiger partial charge < -0.3 is 14.2 Å². The second kappa shape index (κ2) is 8.75. The van der Waals surface area contributed by atoms with E-state index in [1.165, 1.54) is 17.2 Å². The second-order valence-corrected chi connectivity index (χ2v) is 9.03.